The molecule has 96 valence electrons. The highest BCUT2D eigenvalue weighted by Crippen LogP contribution is 2.41. The third-order valence-electron chi connectivity index (χ3n) is 4.19. The van der Waals surface area contributed by atoms with Crippen LogP contribution in [-0.4, -0.2) is 6.54 Å². The quantitative estimate of drug-likeness (QED) is 0.854. The van der Waals surface area contributed by atoms with Crippen LogP contribution in [-0.2, 0) is 0 Å². The van der Waals surface area contributed by atoms with E-state index in [-0.39, 0.29) is 0 Å². The smallest absolute Gasteiger partial charge is 0.105 e. The number of hydrogen-bond donors (Lipinski definition) is 1. The zero-order valence-electron chi connectivity index (χ0n) is 11.5. The number of nitrogens with one attached hydrogen (secondary N) is 1. The summed E-state index contributed by atoms with van der Waals surface area (Å²) in [4.78, 5) is 0. The van der Waals surface area contributed by atoms with Crippen molar-refractivity contribution < 1.29 is 4.42 Å². The molecule has 1 aliphatic carbocycles. The summed E-state index contributed by atoms with van der Waals surface area (Å²) in [5.74, 6) is 3.72. The Morgan fingerprint density at radius 1 is 1.41 bits per heavy atom. The molecule has 1 aromatic rings. The zero-order chi connectivity index (χ0) is 12.4. The van der Waals surface area contributed by atoms with E-state index in [1.807, 2.05) is 6.92 Å². The topological polar surface area (TPSA) is 25.2 Å². The monoisotopic (exact) mass is 235 g/mol. The predicted molar refractivity (Wildman–Crippen MR) is 71.1 cm³/mol. The predicted octanol–water partition coefficient (Wildman–Crippen LogP) is 3.98. The van der Waals surface area contributed by atoms with E-state index in [4.69, 9.17) is 4.42 Å². The molecular formula is C15H25NO. The zero-order valence-corrected chi connectivity index (χ0v) is 11.5. The molecule has 2 rings (SSSR count). The summed E-state index contributed by atoms with van der Waals surface area (Å²) in [5, 5.41) is 3.67. The minimum Gasteiger partial charge on any atom is -0.466 e. The van der Waals surface area contributed by atoms with Gasteiger partial charge >= 0.3 is 0 Å². The molecule has 0 bridgehead atoms. The Kier molecular flexibility index (Phi) is 3.93. The summed E-state index contributed by atoms with van der Waals surface area (Å²) in [6, 6.07) is 2.70. The average molecular weight is 235 g/mol. The molecule has 2 nitrogen and oxygen atoms in total. The van der Waals surface area contributed by atoms with E-state index in [9.17, 15) is 0 Å². The van der Waals surface area contributed by atoms with Gasteiger partial charge in [-0.25, -0.2) is 0 Å². The Morgan fingerprint density at radius 3 is 2.65 bits per heavy atom. The van der Waals surface area contributed by atoms with Crippen LogP contribution >= 0.6 is 0 Å². The molecule has 3 atom stereocenters. The lowest BCUT2D eigenvalue weighted by molar-refractivity contribution is 0.302. The van der Waals surface area contributed by atoms with Crippen LogP contribution in [0.2, 0.25) is 0 Å². The fourth-order valence-corrected chi connectivity index (χ4v) is 3.34. The van der Waals surface area contributed by atoms with Gasteiger partial charge in [-0.05, 0) is 44.7 Å². The lowest BCUT2D eigenvalue weighted by atomic mass is 9.86. The summed E-state index contributed by atoms with van der Waals surface area (Å²) in [5.41, 5.74) is 1.38. The van der Waals surface area contributed by atoms with Gasteiger partial charge in [-0.1, -0.05) is 26.7 Å². The molecule has 1 aliphatic rings. The van der Waals surface area contributed by atoms with Gasteiger partial charge in [0.1, 0.15) is 11.5 Å². The van der Waals surface area contributed by atoms with Crippen molar-refractivity contribution in [3.05, 3.63) is 23.2 Å². The molecule has 3 unspecified atom stereocenters. The van der Waals surface area contributed by atoms with E-state index >= 15 is 0 Å². The Labute approximate surface area is 105 Å². The summed E-state index contributed by atoms with van der Waals surface area (Å²) < 4.78 is 5.70. The van der Waals surface area contributed by atoms with Gasteiger partial charge in [0.25, 0.3) is 0 Å². The van der Waals surface area contributed by atoms with Gasteiger partial charge in [-0.2, -0.15) is 0 Å². The van der Waals surface area contributed by atoms with Crippen molar-refractivity contribution in [3.8, 4) is 0 Å². The standard InChI is InChI=1S/C15H25NO/c1-5-16-15(13-8-6-7-10(13)2)14-9-11(3)17-12(14)4/h9-10,13,15-16H,5-8H2,1-4H3. The molecular weight excluding hydrogens is 210 g/mol. The summed E-state index contributed by atoms with van der Waals surface area (Å²) in [6.45, 7) is 9.74. The van der Waals surface area contributed by atoms with Crippen LogP contribution in [0.4, 0.5) is 0 Å². The van der Waals surface area contributed by atoms with Crippen molar-refractivity contribution in [2.75, 3.05) is 6.54 Å². The number of hydrogen-bond acceptors (Lipinski definition) is 2. The van der Waals surface area contributed by atoms with Gasteiger partial charge in [0.05, 0.1) is 0 Å². The van der Waals surface area contributed by atoms with Crippen LogP contribution < -0.4 is 5.32 Å². The van der Waals surface area contributed by atoms with Crippen LogP contribution in [0.3, 0.4) is 0 Å². The van der Waals surface area contributed by atoms with E-state index in [1.54, 1.807) is 0 Å². The van der Waals surface area contributed by atoms with Crippen molar-refractivity contribution >= 4 is 0 Å². The van der Waals surface area contributed by atoms with Crippen LogP contribution in [0.25, 0.3) is 0 Å². The molecule has 2 heteroatoms. The fraction of sp³-hybridized carbons (Fsp3) is 0.733. The van der Waals surface area contributed by atoms with Crippen molar-refractivity contribution in [1.82, 2.24) is 5.32 Å². The largest absolute Gasteiger partial charge is 0.466 e. The first-order valence-electron chi connectivity index (χ1n) is 6.93. The lowest BCUT2D eigenvalue weighted by Gasteiger charge is -2.27. The second-order valence-corrected chi connectivity index (χ2v) is 5.48. The van der Waals surface area contributed by atoms with Gasteiger partial charge in [0.15, 0.2) is 0 Å². The van der Waals surface area contributed by atoms with E-state index in [0.717, 1.165) is 29.9 Å². The average Bonchev–Trinajstić information content (AvgIpc) is 2.82. The molecule has 0 aliphatic heterocycles. The first kappa shape index (κ1) is 12.7. The van der Waals surface area contributed by atoms with Crippen LogP contribution in [0, 0.1) is 25.7 Å². The summed E-state index contributed by atoms with van der Waals surface area (Å²) in [6.07, 6.45) is 4.11. The van der Waals surface area contributed by atoms with E-state index in [2.05, 4.69) is 32.2 Å². The molecule has 1 heterocycles. The van der Waals surface area contributed by atoms with Gasteiger partial charge in [0.2, 0.25) is 0 Å². The molecule has 0 spiro atoms. The van der Waals surface area contributed by atoms with Gasteiger partial charge < -0.3 is 9.73 Å². The van der Waals surface area contributed by atoms with Gasteiger partial charge in [0, 0.05) is 11.6 Å². The molecule has 1 aromatic heterocycles. The first-order chi connectivity index (χ1) is 8.13. The maximum Gasteiger partial charge on any atom is 0.105 e. The molecule has 1 fully saturated rings. The number of furan rings is 1. The molecule has 1 saturated carbocycles. The SMILES string of the molecule is CCNC(c1cc(C)oc1C)C1CCCC1C. The maximum absolute atomic E-state index is 5.70. The van der Waals surface area contributed by atoms with Crippen LogP contribution in [0.5, 0.6) is 0 Å². The van der Waals surface area contributed by atoms with Crippen molar-refractivity contribution in [3.63, 3.8) is 0 Å². The normalized spacial score (nSPS) is 26.4. The maximum atomic E-state index is 5.70. The molecule has 0 amide bonds. The Hall–Kier alpha value is -0.760. The minimum atomic E-state index is 0.481. The number of rotatable bonds is 4. The van der Waals surface area contributed by atoms with E-state index in [0.29, 0.717) is 6.04 Å². The van der Waals surface area contributed by atoms with Crippen LogP contribution in [0.15, 0.2) is 10.5 Å². The molecule has 0 aromatic carbocycles. The highest BCUT2D eigenvalue weighted by molar-refractivity contribution is 5.25. The molecule has 0 saturated heterocycles. The highest BCUT2D eigenvalue weighted by atomic mass is 16.3. The van der Waals surface area contributed by atoms with Crippen molar-refractivity contribution in [1.29, 1.82) is 0 Å². The second-order valence-electron chi connectivity index (χ2n) is 5.48. The van der Waals surface area contributed by atoms with E-state index in [1.165, 1.54) is 24.8 Å². The van der Waals surface area contributed by atoms with Crippen LogP contribution in [0.1, 0.15) is 56.2 Å². The third kappa shape index (κ3) is 2.57. The van der Waals surface area contributed by atoms with Gasteiger partial charge in [-0.3, -0.25) is 0 Å². The fourth-order valence-electron chi connectivity index (χ4n) is 3.34. The molecule has 0 radical (unpaired) electrons. The molecule has 1 N–H and O–H groups in total. The Morgan fingerprint density at radius 2 is 2.18 bits per heavy atom. The molecule has 17 heavy (non-hydrogen) atoms. The van der Waals surface area contributed by atoms with Crippen molar-refractivity contribution in [2.24, 2.45) is 11.8 Å². The summed E-state index contributed by atoms with van der Waals surface area (Å²) in [7, 11) is 0. The summed E-state index contributed by atoms with van der Waals surface area (Å²) >= 11 is 0. The Bertz CT molecular complexity index is 369. The highest BCUT2D eigenvalue weighted by Gasteiger charge is 2.33. The second kappa shape index (κ2) is 5.26. The van der Waals surface area contributed by atoms with E-state index < -0.39 is 0 Å². The first-order valence-corrected chi connectivity index (χ1v) is 6.93. The van der Waals surface area contributed by atoms with Gasteiger partial charge in [-0.15, -0.1) is 0 Å². The third-order valence-corrected chi connectivity index (χ3v) is 4.19. The Balaban J connectivity index is 2.25. The lowest BCUT2D eigenvalue weighted by Crippen LogP contribution is -2.29. The van der Waals surface area contributed by atoms with Crippen molar-refractivity contribution in [2.45, 2.75) is 53.0 Å². The minimum absolute atomic E-state index is 0.481. The number of aryl methyl sites for hydroxylation is 2.